The third kappa shape index (κ3) is 2.60. The zero-order valence-electron chi connectivity index (χ0n) is 8.94. The summed E-state index contributed by atoms with van der Waals surface area (Å²) < 4.78 is 30.1. The van der Waals surface area contributed by atoms with E-state index in [2.05, 4.69) is 9.73 Å². The van der Waals surface area contributed by atoms with Gasteiger partial charge in [0.2, 0.25) is 0 Å². The Balaban J connectivity index is 2.18. The summed E-state index contributed by atoms with van der Waals surface area (Å²) in [6, 6.07) is 5.32. The van der Waals surface area contributed by atoms with Crippen LogP contribution in [0.15, 0.2) is 45.8 Å². The van der Waals surface area contributed by atoms with E-state index < -0.39 is 23.2 Å². The third-order valence-corrected chi connectivity index (χ3v) is 2.14. The van der Waals surface area contributed by atoms with Crippen LogP contribution >= 0.6 is 0 Å². The summed E-state index contributed by atoms with van der Waals surface area (Å²) in [5.74, 6) is -2.66. The van der Waals surface area contributed by atoms with Crippen molar-refractivity contribution in [1.29, 1.82) is 0 Å². The Morgan fingerprint density at radius 2 is 1.89 bits per heavy atom. The highest BCUT2D eigenvalue weighted by Crippen LogP contribution is 2.14. The Morgan fingerprint density at radius 1 is 1.11 bits per heavy atom. The molecular formula is C12H7F2NO3. The van der Waals surface area contributed by atoms with E-state index in [0.717, 1.165) is 24.5 Å². The Hall–Kier alpha value is -2.50. The average Bonchev–Trinajstić information content (AvgIpc) is 2.34. The van der Waals surface area contributed by atoms with E-state index in [4.69, 9.17) is 0 Å². The van der Waals surface area contributed by atoms with Crippen LogP contribution in [0.2, 0.25) is 0 Å². The topological polar surface area (TPSA) is 59.3 Å². The largest absolute Gasteiger partial charge is 0.430 e. The molecule has 92 valence electrons. The summed E-state index contributed by atoms with van der Waals surface area (Å²) >= 11 is 0. The molecule has 0 radical (unpaired) electrons. The number of anilines is 1. The SMILES string of the molecule is O=C(Nc1ccc(F)c(F)c1)c1ccc(=O)oc1. The van der Waals surface area contributed by atoms with Gasteiger partial charge in [-0.15, -0.1) is 0 Å². The molecule has 0 saturated carbocycles. The number of carbonyl (C=O) groups is 1. The van der Waals surface area contributed by atoms with Crippen molar-refractivity contribution in [1.82, 2.24) is 0 Å². The molecule has 0 fully saturated rings. The normalized spacial score (nSPS) is 10.1. The highest BCUT2D eigenvalue weighted by atomic mass is 19.2. The van der Waals surface area contributed by atoms with Gasteiger partial charge in [-0.2, -0.15) is 0 Å². The second kappa shape index (κ2) is 4.79. The smallest absolute Gasteiger partial charge is 0.335 e. The van der Waals surface area contributed by atoms with Gasteiger partial charge in [0, 0.05) is 17.8 Å². The van der Waals surface area contributed by atoms with Gasteiger partial charge in [0.25, 0.3) is 5.91 Å². The lowest BCUT2D eigenvalue weighted by molar-refractivity contribution is 0.102. The minimum Gasteiger partial charge on any atom is -0.430 e. The van der Waals surface area contributed by atoms with E-state index in [9.17, 15) is 18.4 Å². The number of carbonyl (C=O) groups excluding carboxylic acids is 1. The van der Waals surface area contributed by atoms with Crippen molar-refractivity contribution < 1.29 is 18.0 Å². The van der Waals surface area contributed by atoms with E-state index in [-0.39, 0.29) is 11.3 Å². The van der Waals surface area contributed by atoms with Gasteiger partial charge in [-0.3, -0.25) is 4.79 Å². The Labute approximate surface area is 99.9 Å². The molecule has 1 heterocycles. The number of rotatable bonds is 2. The van der Waals surface area contributed by atoms with Gasteiger partial charge in [0.05, 0.1) is 5.56 Å². The molecule has 4 nitrogen and oxygen atoms in total. The minimum absolute atomic E-state index is 0.0966. The zero-order valence-corrected chi connectivity index (χ0v) is 8.94. The van der Waals surface area contributed by atoms with E-state index in [1.807, 2.05) is 0 Å². The Bertz CT molecular complexity index is 632. The predicted octanol–water partition coefficient (Wildman–Crippen LogP) is 2.17. The van der Waals surface area contributed by atoms with Crippen LogP contribution in [0.3, 0.4) is 0 Å². The van der Waals surface area contributed by atoms with Crippen molar-refractivity contribution >= 4 is 11.6 Å². The van der Waals surface area contributed by atoms with Crippen LogP contribution in [0.5, 0.6) is 0 Å². The molecule has 0 unspecified atom stereocenters. The van der Waals surface area contributed by atoms with Crippen LogP contribution in [-0.2, 0) is 0 Å². The van der Waals surface area contributed by atoms with E-state index in [1.165, 1.54) is 12.1 Å². The van der Waals surface area contributed by atoms with Crippen LogP contribution < -0.4 is 10.9 Å². The van der Waals surface area contributed by atoms with Gasteiger partial charge in [-0.25, -0.2) is 13.6 Å². The standard InChI is InChI=1S/C12H7F2NO3/c13-9-3-2-8(5-10(9)14)15-12(17)7-1-4-11(16)18-6-7/h1-6H,(H,15,17). The molecule has 2 aromatic rings. The molecule has 0 atom stereocenters. The molecule has 0 aliphatic heterocycles. The van der Waals surface area contributed by atoms with Crippen molar-refractivity contribution in [2.45, 2.75) is 0 Å². The quantitative estimate of drug-likeness (QED) is 0.889. The van der Waals surface area contributed by atoms with Gasteiger partial charge < -0.3 is 9.73 Å². The first-order valence-corrected chi connectivity index (χ1v) is 4.91. The molecule has 2 rings (SSSR count). The third-order valence-electron chi connectivity index (χ3n) is 2.14. The van der Waals surface area contributed by atoms with Crippen LogP contribution in [0.25, 0.3) is 0 Å². The fraction of sp³-hybridized carbons (Fsp3) is 0. The minimum atomic E-state index is -1.06. The summed E-state index contributed by atoms with van der Waals surface area (Å²) in [5.41, 5.74) is -0.385. The maximum absolute atomic E-state index is 12.9. The second-order valence-electron chi connectivity index (χ2n) is 3.43. The summed E-state index contributed by atoms with van der Waals surface area (Å²) in [7, 11) is 0. The van der Waals surface area contributed by atoms with Crippen molar-refractivity contribution in [3.05, 3.63) is 64.2 Å². The van der Waals surface area contributed by atoms with Crippen molar-refractivity contribution in [3.8, 4) is 0 Å². The monoisotopic (exact) mass is 251 g/mol. The first-order chi connectivity index (χ1) is 8.56. The number of halogens is 2. The van der Waals surface area contributed by atoms with Crippen molar-refractivity contribution in [2.75, 3.05) is 5.32 Å². The molecular weight excluding hydrogens is 244 g/mol. The van der Waals surface area contributed by atoms with Gasteiger partial charge in [0.1, 0.15) is 6.26 Å². The lowest BCUT2D eigenvalue weighted by Gasteiger charge is -2.04. The Morgan fingerprint density at radius 3 is 2.50 bits per heavy atom. The zero-order chi connectivity index (χ0) is 13.1. The highest BCUT2D eigenvalue weighted by molar-refractivity contribution is 6.03. The van der Waals surface area contributed by atoms with Crippen LogP contribution in [0.4, 0.5) is 14.5 Å². The summed E-state index contributed by atoms with van der Waals surface area (Å²) in [4.78, 5) is 22.3. The van der Waals surface area contributed by atoms with Gasteiger partial charge in [0.15, 0.2) is 11.6 Å². The molecule has 1 N–H and O–H groups in total. The summed E-state index contributed by atoms with van der Waals surface area (Å²) in [6.07, 6.45) is 0.984. The first-order valence-electron chi connectivity index (χ1n) is 4.91. The molecule has 0 bridgehead atoms. The molecule has 6 heteroatoms. The fourth-order valence-electron chi connectivity index (χ4n) is 1.26. The molecule has 0 aliphatic rings. The number of amides is 1. The first kappa shape index (κ1) is 12.0. The molecule has 1 aromatic carbocycles. The number of hydrogen-bond acceptors (Lipinski definition) is 3. The number of benzene rings is 1. The van der Waals surface area contributed by atoms with E-state index in [1.54, 1.807) is 0 Å². The van der Waals surface area contributed by atoms with Crippen LogP contribution in [0.1, 0.15) is 10.4 Å². The molecule has 1 aromatic heterocycles. The molecule has 0 saturated heterocycles. The van der Waals surface area contributed by atoms with E-state index in [0.29, 0.717) is 0 Å². The molecule has 0 spiro atoms. The second-order valence-corrected chi connectivity index (χ2v) is 3.43. The number of nitrogens with one attached hydrogen (secondary N) is 1. The fourth-order valence-corrected chi connectivity index (χ4v) is 1.26. The van der Waals surface area contributed by atoms with Crippen molar-refractivity contribution in [2.24, 2.45) is 0 Å². The van der Waals surface area contributed by atoms with Crippen LogP contribution in [-0.4, -0.2) is 5.91 Å². The van der Waals surface area contributed by atoms with Gasteiger partial charge in [-0.05, 0) is 18.2 Å². The van der Waals surface area contributed by atoms with Crippen molar-refractivity contribution in [3.63, 3.8) is 0 Å². The Kier molecular flexibility index (Phi) is 3.18. The lowest BCUT2D eigenvalue weighted by atomic mass is 10.2. The molecule has 1 amide bonds. The van der Waals surface area contributed by atoms with Gasteiger partial charge in [-0.1, -0.05) is 0 Å². The number of hydrogen-bond donors (Lipinski definition) is 1. The highest BCUT2D eigenvalue weighted by Gasteiger charge is 2.09. The van der Waals surface area contributed by atoms with E-state index >= 15 is 0 Å². The summed E-state index contributed by atoms with van der Waals surface area (Å²) in [6.45, 7) is 0. The maximum Gasteiger partial charge on any atom is 0.335 e. The average molecular weight is 251 g/mol. The predicted molar refractivity (Wildman–Crippen MR) is 59.3 cm³/mol. The lowest BCUT2D eigenvalue weighted by Crippen LogP contribution is -2.13. The summed E-state index contributed by atoms with van der Waals surface area (Å²) in [5, 5.41) is 2.34. The maximum atomic E-state index is 12.9. The van der Waals surface area contributed by atoms with Crippen LogP contribution in [0, 0.1) is 11.6 Å². The van der Waals surface area contributed by atoms with Gasteiger partial charge >= 0.3 is 5.63 Å². The molecule has 0 aliphatic carbocycles. The molecule has 18 heavy (non-hydrogen) atoms.